The number of hydrogen-bond donors (Lipinski definition) is 2. The van der Waals surface area contributed by atoms with Crippen LogP contribution in [-0.4, -0.2) is 46.9 Å². The summed E-state index contributed by atoms with van der Waals surface area (Å²) in [4.78, 5) is 15.4. The predicted octanol–water partition coefficient (Wildman–Crippen LogP) is 4.59. The van der Waals surface area contributed by atoms with Gasteiger partial charge in [-0.1, -0.05) is 36.4 Å². The van der Waals surface area contributed by atoms with Crippen molar-refractivity contribution in [1.82, 2.24) is 15.1 Å². The Labute approximate surface area is 197 Å². The van der Waals surface area contributed by atoms with Gasteiger partial charge in [0.05, 0.1) is 20.3 Å². The lowest BCUT2D eigenvalue weighted by molar-refractivity contribution is 0.0745. The van der Waals surface area contributed by atoms with E-state index in [1.807, 2.05) is 59.5 Å². The van der Waals surface area contributed by atoms with E-state index in [1.165, 1.54) is 0 Å². The second-order valence-electron chi connectivity index (χ2n) is 8.15. The van der Waals surface area contributed by atoms with Gasteiger partial charge in [-0.2, -0.15) is 5.10 Å². The lowest BCUT2D eigenvalue weighted by Gasteiger charge is -2.27. The fraction of sp³-hybridized carbons (Fsp3) is 0.185. The number of phenolic OH excluding ortho intramolecular Hbond substituents is 1. The Kier molecular flexibility index (Phi) is 5.67. The van der Waals surface area contributed by atoms with Crippen LogP contribution in [0.5, 0.6) is 17.2 Å². The van der Waals surface area contributed by atoms with E-state index in [0.29, 0.717) is 35.7 Å². The molecule has 7 nitrogen and oxygen atoms in total. The van der Waals surface area contributed by atoms with Crippen LogP contribution in [0, 0.1) is 0 Å². The number of para-hydroxylation sites is 1. The average Bonchev–Trinajstić information content (AvgIpc) is 3.42. The van der Waals surface area contributed by atoms with E-state index in [2.05, 4.69) is 10.2 Å². The first-order valence-electron chi connectivity index (χ1n) is 11.0. The summed E-state index contributed by atoms with van der Waals surface area (Å²) in [6, 6.07) is 22.2. The summed E-state index contributed by atoms with van der Waals surface area (Å²) in [5.74, 6) is 1.50. The molecule has 0 unspecified atom stereocenters. The van der Waals surface area contributed by atoms with Gasteiger partial charge in [-0.05, 0) is 53.9 Å². The molecule has 5 rings (SSSR count). The van der Waals surface area contributed by atoms with Crippen molar-refractivity contribution in [1.29, 1.82) is 0 Å². The highest BCUT2D eigenvalue weighted by atomic mass is 16.5. The highest BCUT2D eigenvalue weighted by molar-refractivity contribution is 6.00. The number of carbonyl (C=O) groups is 1. The topological polar surface area (TPSA) is 87.7 Å². The number of carbonyl (C=O) groups excluding carboxylic acids is 1. The number of aromatic nitrogens is 2. The van der Waals surface area contributed by atoms with E-state index in [0.717, 1.165) is 22.4 Å². The normalized spacial score (nSPS) is 14.8. The Balaban J connectivity index is 1.56. The quantitative estimate of drug-likeness (QED) is 0.426. The second kappa shape index (κ2) is 8.94. The number of amides is 1. The van der Waals surface area contributed by atoms with Gasteiger partial charge in [0.15, 0.2) is 0 Å². The molecule has 0 saturated heterocycles. The van der Waals surface area contributed by atoms with E-state index in [9.17, 15) is 9.90 Å². The van der Waals surface area contributed by atoms with E-state index >= 15 is 0 Å². The maximum absolute atomic E-state index is 13.5. The molecule has 1 aliphatic rings. The van der Waals surface area contributed by atoms with Gasteiger partial charge in [-0.25, -0.2) is 0 Å². The number of fused-ring (bicyclic) bond motifs is 1. The van der Waals surface area contributed by atoms with Crippen LogP contribution in [-0.2, 0) is 6.42 Å². The summed E-state index contributed by atoms with van der Waals surface area (Å²) >= 11 is 0. The molecular formula is C27H25N3O4. The SMILES string of the molecule is COc1ccc(CCN2C(=O)c3[nH]nc(-c4ccccc4O)c3[C@@H]2c2cccc(OC)c2)cc1. The van der Waals surface area contributed by atoms with Crippen molar-refractivity contribution >= 4 is 5.91 Å². The van der Waals surface area contributed by atoms with E-state index < -0.39 is 0 Å². The van der Waals surface area contributed by atoms with Crippen LogP contribution in [0.25, 0.3) is 11.3 Å². The number of benzene rings is 3. The van der Waals surface area contributed by atoms with E-state index in [4.69, 9.17) is 9.47 Å². The number of aromatic amines is 1. The van der Waals surface area contributed by atoms with Gasteiger partial charge in [0.2, 0.25) is 0 Å². The number of ether oxygens (including phenoxy) is 2. The Morgan fingerprint density at radius 2 is 1.74 bits per heavy atom. The summed E-state index contributed by atoms with van der Waals surface area (Å²) in [6.07, 6.45) is 0.680. The van der Waals surface area contributed by atoms with E-state index in [1.54, 1.807) is 32.4 Å². The molecule has 2 N–H and O–H groups in total. The van der Waals surface area contributed by atoms with Crippen molar-refractivity contribution in [2.45, 2.75) is 12.5 Å². The number of hydrogen-bond acceptors (Lipinski definition) is 5. The van der Waals surface area contributed by atoms with Gasteiger partial charge in [0.1, 0.15) is 28.6 Å². The minimum Gasteiger partial charge on any atom is -0.507 e. The van der Waals surface area contributed by atoms with Gasteiger partial charge in [-0.3, -0.25) is 9.89 Å². The minimum absolute atomic E-state index is 0.116. The number of phenols is 1. The van der Waals surface area contributed by atoms with Crippen LogP contribution < -0.4 is 9.47 Å². The van der Waals surface area contributed by atoms with Crippen LogP contribution in [0.1, 0.15) is 33.2 Å². The Bertz CT molecular complexity index is 1330. The number of nitrogens with zero attached hydrogens (tertiary/aromatic N) is 2. The number of aromatic hydroxyl groups is 1. The zero-order valence-corrected chi connectivity index (χ0v) is 19.0. The molecule has 4 aromatic rings. The first-order valence-corrected chi connectivity index (χ1v) is 11.0. The number of H-pyrrole nitrogens is 1. The Morgan fingerprint density at radius 1 is 0.971 bits per heavy atom. The highest BCUT2D eigenvalue weighted by Crippen LogP contribution is 2.44. The molecule has 34 heavy (non-hydrogen) atoms. The van der Waals surface area contributed by atoms with Crippen LogP contribution >= 0.6 is 0 Å². The summed E-state index contributed by atoms with van der Waals surface area (Å²) in [7, 11) is 3.26. The number of methoxy groups -OCH3 is 2. The maximum atomic E-state index is 13.5. The molecular weight excluding hydrogens is 430 g/mol. The van der Waals surface area contributed by atoms with Crippen molar-refractivity contribution in [3.63, 3.8) is 0 Å². The fourth-order valence-electron chi connectivity index (χ4n) is 4.51. The third-order valence-corrected chi connectivity index (χ3v) is 6.23. The molecule has 2 heterocycles. The first-order chi connectivity index (χ1) is 16.6. The molecule has 0 spiro atoms. The lowest BCUT2D eigenvalue weighted by Crippen LogP contribution is -2.31. The van der Waals surface area contributed by atoms with Gasteiger partial charge in [0.25, 0.3) is 5.91 Å². The smallest absolute Gasteiger partial charge is 0.273 e. The van der Waals surface area contributed by atoms with Crippen molar-refractivity contribution < 1.29 is 19.4 Å². The average molecular weight is 456 g/mol. The third-order valence-electron chi connectivity index (χ3n) is 6.23. The van der Waals surface area contributed by atoms with Crippen LogP contribution in [0.4, 0.5) is 0 Å². The molecule has 0 bridgehead atoms. The largest absolute Gasteiger partial charge is 0.507 e. The predicted molar refractivity (Wildman–Crippen MR) is 128 cm³/mol. The molecule has 1 aliphatic heterocycles. The minimum atomic E-state index is -0.371. The third kappa shape index (κ3) is 3.75. The van der Waals surface area contributed by atoms with Crippen LogP contribution in [0.3, 0.4) is 0 Å². The summed E-state index contributed by atoms with van der Waals surface area (Å²) < 4.78 is 10.7. The Morgan fingerprint density at radius 3 is 2.47 bits per heavy atom. The molecule has 172 valence electrons. The fourth-order valence-corrected chi connectivity index (χ4v) is 4.51. The molecule has 1 aromatic heterocycles. The molecule has 3 aromatic carbocycles. The molecule has 0 saturated carbocycles. The summed E-state index contributed by atoms with van der Waals surface area (Å²) in [5.41, 5.74) is 4.38. The number of nitrogens with one attached hydrogen (secondary N) is 1. The van der Waals surface area contributed by atoms with Gasteiger partial charge >= 0.3 is 0 Å². The summed E-state index contributed by atoms with van der Waals surface area (Å²) in [5, 5.41) is 17.9. The molecule has 0 fully saturated rings. The maximum Gasteiger partial charge on any atom is 0.273 e. The van der Waals surface area contributed by atoms with E-state index in [-0.39, 0.29) is 17.7 Å². The molecule has 0 aliphatic carbocycles. The zero-order chi connectivity index (χ0) is 23.7. The van der Waals surface area contributed by atoms with Crippen molar-refractivity contribution in [3.05, 3.63) is 95.2 Å². The van der Waals surface area contributed by atoms with Crippen molar-refractivity contribution in [2.75, 3.05) is 20.8 Å². The lowest BCUT2D eigenvalue weighted by atomic mass is 9.95. The second-order valence-corrected chi connectivity index (χ2v) is 8.15. The number of rotatable bonds is 7. The molecule has 1 amide bonds. The molecule has 7 heteroatoms. The zero-order valence-electron chi connectivity index (χ0n) is 19.0. The van der Waals surface area contributed by atoms with Gasteiger partial charge in [0, 0.05) is 17.7 Å². The molecule has 1 atom stereocenters. The summed E-state index contributed by atoms with van der Waals surface area (Å²) in [6.45, 7) is 0.510. The van der Waals surface area contributed by atoms with Crippen molar-refractivity contribution in [2.24, 2.45) is 0 Å². The highest BCUT2D eigenvalue weighted by Gasteiger charge is 2.42. The monoisotopic (exact) mass is 455 g/mol. The van der Waals surface area contributed by atoms with Crippen LogP contribution in [0.2, 0.25) is 0 Å². The van der Waals surface area contributed by atoms with Crippen molar-refractivity contribution in [3.8, 4) is 28.5 Å². The standard InChI is InChI=1S/C27H25N3O4/c1-33-19-12-10-17(11-13-19)14-15-30-26(18-6-5-7-20(16-18)34-2)23-24(28-29-25(23)27(30)32)21-8-3-4-9-22(21)31/h3-13,16,26,31H,14-15H2,1-2H3,(H,28,29)/t26-/m0/s1. The molecule has 0 radical (unpaired) electrons. The van der Waals surface area contributed by atoms with Gasteiger partial charge in [-0.15, -0.1) is 0 Å². The van der Waals surface area contributed by atoms with Crippen LogP contribution in [0.15, 0.2) is 72.8 Å². The Hall–Kier alpha value is -4.26. The first kappa shape index (κ1) is 21.6. The van der Waals surface area contributed by atoms with Gasteiger partial charge < -0.3 is 19.5 Å².